The average molecular weight is 336 g/mol. The van der Waals surface area contributed by atoms with Crippen LogP contribution in [0.3, 0.4) is 0 Å². The first-order valence-corrected chi connectivity index (χ1v) is 8.49. The maximum atomic E-state index is 12.1. The van der Waals surface area contributed by atoms with Gasteiger partial charge >= 0.3 is 5.63 Å². The zero-order valence-corrected chi connectivity index (χ0v) is 13.7. The van der Waals surface area contributed by atoms with E-state index in [2.05, 4.69) is 0 Å². The molecule has 1 N–H and O–H groups in total. The minimum absolute atomic E-state index is 0.0526. The van der Waals surface area contributed by atoms with Crippen molar-refractivity contribution in [3.05, 3.63) is 88.8 Å². The second-order valence-corrected chi connectivity index (χ2v) is 6.13. The fourth-order valence-electron chi connectivity index (χ4n) is 2.23. The minimum atomic E-state index is -0.521. The molecule has 0 saturated carbocycles. The van der Waals surface area contributed by atoms with E-state index in [1.54, 1.807) is 0 Å². The normalized spacial score (nSPS) is 11.0. The molecule has 0 radical (unpaired) electrons. The van der Waals surface area contributed by atoms with Gasteiger partial charge in [0, 0.05) is 17.4 Å². The predicted octanol–water partition coefficient (Wildman–Crippen LogP) is 4.82. The molecule has 0 unspecified atom stereocenters. The van der Waals surface area contributed by atoms with Gasteiger partial charge in [-0.1, -0.05) is 72.8 Å². The Kier molecular flexibility index (Phi) is 5.18. The molecule has 0 spiro atoms. The molecule has 0 saturated heterocycles. The lowest BCUT2D eigenvalue weighted by atomic mass is 10.1. The molecule has 0 atom stereocenters. The fourth-order valence-corrected chi connectivity index (χ4v) is 2.95. The van der Waals surface area contributed by atoms with E-state index in [1.807, 2.05) is 72.8 Å². The third-order valence-corrected chi connectivity index (χ3v) is 4.40. The Balaban J connectivity index is 1.73. The van der Waals surface area contributed by atoms with Crippen LogP contribution in [0, 0.1) is 0 Å². The molecule has 3 rings (SSSR count). The first-order valence-electron chi connectivity index (χ1n) is 7.51. The van der Waals surface area contributed by atoms with Gasteiger partial charge in [-0.05, 0) is 5.56 Å². The summed E-state index contributed by atoms with van der Waals surface area (Å²) in [6.45, 7) is 0. The Hall–Kier alpha value is -2.72. The highest BCUT2D eigenvalue weighted by Crippen LogP contribution is 2.29. The Bertz CT molecular complexity index is 884. The molecule has 0 fully saturated rings. The van der Waals surface area contributed by atoms with Crippen LogP contribution >= 0.6 is 11.8 Å². The van der Waals surface area contributed by atoms with E-state index in [1.165, 1.54) is 17.8 Å². The summed E-state index contributed by atoms with van der Waals surface area (Å²) in [6.07, 6.45) is 3.92. The van der Waals surface area contributed by atoms with Crippen molar-refractivity contribution >= 4 is 17.8 Å². The van der Waals surface area contributed by atoms with Gasteiger partial charge in [0.05, 0.1) is 0 Å². The second-order valence-electron chi connectivity index (χ2n) is 5.10. The molecule has 24 heavy (non-hydrogen) atoms. The van der Waals surface area contributed by atoms with Crippen molar-refractivity contribution in [2.45, 2.75) is 4.90 Å². The van der Waals surface area contributed by atoms with Crippen LogP contribution in [-0.4, -0.2) is 10.9 Å². The summed E-state index contributed by atoms with van der Waals surface area (Å²) in [5, 5.41) is 10.1. The van der Waals surface area contributed by atoms with Gasteiger partial charge in [0.15, 0.2) is 0 Å². The fraction of sp³-hybridized carbons (Fsp3) is 0.0500. The van der Waals surface area contributed by atoms with E-state index in [0.717, 1.165) is 11.1 Å². The van der Waals surface area contributed by atoms with Crippen molar-refractivity contribution in [2.75, 3.05) is 5.75 Å². The molecule has 1 heterocycles. The molecule has 0 amide bonds. The van der Waals surface area contributed by atoms with Gasteiger partial charge in [0.25, 0.3) is 0 Å². The first kappa shape index (κ1) is 16.1. The summed E-state index contributed by atoms with van der Waals surface area (Å²) in [5.74, 6) is 0.878. The zero-order valence-electron chi connectivity index (χ0n) is 12.9. The average Bonchev–Trinajstić information content (AvgIpc) is 2.62. The van der Waals surface area contributed by atoms with E-state index in [4.69, 9.17) is 4.42 Å². The van der Waals surface area contributed by atoms with Crippen molar-refractivity contribution in [3.8, 4) is 17.1 Å². The molecule has 3 nitrogen and oxygen atoms in total. The van der Waals surface area contributed by atoms with E-state index in [0.29, 0.717) is 11.5 Å². The molecule has 0 aliphatic carbocycles. The van der Waals surface area contributed by atoms with E-state index < -0.39 is 5.63 Å². The van der Waals surface area contributed by atoms with E-state index in [-0.39, 0.29) is 10.6 Å². The molecule has 0 aliphatic heterocycles. The molecule has 3 aromatic rings. The number of rotatable bonds is 5. The topological polar surface area (TPSA) is 50.4 Å². The minimum Gasteiger partial charge on any atom is -0.506 e. The highest BCUT2D eigenvalue weighted by molar-refractivity contribution is 7.99. The summed E-state index contributed by atoms with van der Waals surface area (Å²) in [7, 11) is 0. The molecule has 0 aliphatic rings. The molecule has 2 aromatic carbocycles. The third-order valence-electron chi connectivity index (χ3n) is 3.38. The number of benzene rings is 2. The van der Waals surface area contributed by atoms with Crippen LogP contribution in [0.1, 0.15) is 5.56 Å². The number of thioether (sulfide) groups is 1. The summed E-state index contributed by atoms with van der Waals surface area (Å²) in [5.41, 5.74) is 1.33. The summed E-state index contributed by atoms with van der Waals surface area (Å²) in [6, 6.07) is 20.6. The Labute approximate surface area is 144 Å². The van der Waals surface area contributed by atoms with Gasteiger partial charge in [-0.25, -0.2) is 4.79 Å². The Morgan fingerprint density at radius 1 is 1.00 bits per heavy atom. The smallest absolute Gasteiger partial charge is 0.353 e. The lowest BCUT2D eigenvalue weighted by molar-refractivity contribution is 0.430. The Morgan fingerprint density at radius 3 is 2.33 bits per heavy atom. The molecule has 1 aromatic heterocycles. The van der Waals surface area contributed by atoms with Crippen LogP contribution in [0.4, 0.5) is 0 Å². The maximum absolute atomic E-state index is 12.1. The summed E-state index contributed by atoms with van der Waals surface area (Å²) < 4.78 is 5.33. The van der Waals surface area contributed by atoms with Gasteiger partial charge < -0.3 is 9.52 Å². The molecular weight excluding hydrogens is 320 g/mol. The van der Waals surface area contributed by atoms with Crippen LogP contribution in [-0.2, 0) is 0 Å². The van der Waals surface area contributed by atoms with Crippen LogP contribution in [0.15, 0.2) is 86.9 Å². The second kappa shape index (κ2) is 7.70. The molecular formula is C20H16O3S. The van der Waals surface area contributed by atoms with Crippen LogP contribution in [0.25, 0.3) is 17.4 Å². The summed E-state index contributed by atoms with van der Waals surface area (Å²) in [4.78, 5) is 12.4. The van der Waals surface area contributed by atoms with Gasteiger partial charge in [0.1, 0.15) is 16.4 Å². The quantitative estimate of drug-likeness (QED) is 0.679. The maximum Gasteiger partial charge on any atom is 0.353 e. The molecule has 4 heteroatoms. The van der Waals surface area contributed by atoms with E-state index >= 15 is 0 Å². The van der Waals surface area contributed by atoms with Crippen molar-refractivity contribution in [3.63, 3.8) is 0 Å². The predicted molar refractivity (Wildman–Crippen MR) is 98.3 cm³/mol. The number of hydrogen-bond donors (Lipinski definition) is 1. The largest absolute Gasteiger partial charge is 0.506 e. The standard InChI is InChI=1S/C20H16O3S/c21-17-14-18(16-11-5-2-6-12-16)23-20(22)19(17)24-13-7-10-15-8-3-1-4-9-15/h1-12,14,21H,13H2. The van der Waals surface area contributed by atoms with Crippen LogP contribution in [0.5, 0.6) is 5.75 Å². The summed E-state index contributed by atoms with van der Waals surface area (Å²) >= 11 is 1.25. The van der Waals surface area contributed by atoms with Crippen molar-refractivity contribution < 1.29 is 9.52 Å². The van der Waals surface area contributed by atoms with Crippen molar-refractivity contribution in [1.29, 1.82) is 0 Å². The van der Waals surface area contributed by atoms with E-state index in [9.17, 15) is 9.90 Å². The number of aromatic hydroxyl groups is 1. The third kappa shape index (κ3) is 3.97. The van der Waals surface area contributed by atoms with Crippen LogP contribution in [0.2, 0.25) is 0 Å². The monoisotopic (exact) mass is 336 g/mol. The lowest BCUT2D eigenvalue weighted by Gasteiger charge is -2.04. The highest BCUT2D eigenvalue weighted by Gasteiger charge is 2.12. The van der Waals surface area contributed by atoms with Crippen molar-refractivity contribution in [2.24, 2.45) is 0 Å². The van der Waals surface area contributed by atoms with Gasteiger partial charge in [0.2, 0.25) is 0 Å². The van der Waals surface area contributed by atoms with Gasteiger partial charge in [-0.2, -0.15) is 0 Å². The molecule has 120 valence electrons. The first-order chi connectivity index (χ1) is 11.7. The molecule has 0 bridgehead atoms. The Morgan fingerprint density at radius 2 is 1.67 bits per heavy atom. The number of hydrogen-bond acceptors (Lipinski definition) is 4. The zero-order chi connectivity index (χ0) is 16.8. The van der Waals surface area contributed by atoms with Gasteiger partial charge in [-0.3, -0.25) is 0 Å². The highest BCUT2D eigenvalue weighted by atomic mass is 32.2. The SMILES string of the molecule is O=c1oc(-c2ccccc2)cc(O)c1SCC=Cc1ccccc1. The lowest BCUT2D eigenvalue weighted by Crippen LogP contribution is -2.03. The van der Waals surface area contributed by atoms with Gasteiger partial charge in [-0.15, -0.1) is 11.8 Å². The van der Waals surface area contributed by atoms with Crippen LogP contribution < -0.4 is 5.63 Å². The van der Waals surface area contributed by atoms with Crippen molar-refractivity contribution in [1.82, 2.24) is 0 Å².